The van der Waals surface area contributed by atoms with E-state index < -0.39 is 0 Å². The molecule has 1 amide bonds. The zero-order chi connectivity index (χ0) is 11.4. The fourth-order valence-electron chi connectivity index (χ4n) is 1.35. The van der Waals surface area contributed by atoms with Gasteiger partial charge in [0.1, 0.15) is 17.3 Å². The predicted molar refractivity (Wildman–Crippen MR) is 64.8 cm³/mol. The van der Waals surface area contributed by atoms with Crippen LogP contribution in [-0.4, -0.2) is 40.0 Å². The highest BCUT2D eigenvalue weighted by Gasteiger charge is 2.21. The highest BCUT2D eigenvalue weighted by molar-refractivity contribution is 7.99. The van der Waals surface area contributed by atoms with Crippen LogP contribution in [0.5, 0.6) is 0 Å². The molecular formula is C9H11ClN4OS. The molecule has 0 spiro atoms. The molecule has 1 aliphatic rings. The van der Waals surface area contributed by atoms with Gasteiger partial charge in [-0.15, -0.1) is 0 Å². The van der Waals surface area contributed by atoms with E-state index in [-0.39, 0.29) is 11.9 Å². The minimum Gasteiger partial charge on any atom is -0.309 e. The summed E-state index contributed by atoms with van der Waals surface area (Å²) in [5.41, 5.74) is 0. The normalized spacial score (nSPS) is 20.4. The largest absolute Gasteiger partial charge is 0.309 e. The molecule has 2 rings (SSSR count). The van der Waals surface area contributed by atoms with Crippen molar-refractivity contribution in [3.05, 3.63) is 17.5 Å². The Bertz CT molecular complexity index is 384. The van der Waals surface area contributed by atoms with E-state index >= 15 is 0 Å². The molecule has 5 nitrogen and oxygen atoms in total. The summed E-state index contributed by atoms with van der Waals surface area (Å²) in [6.45, 7) is 0.854. The van der Waals surface area contributed by atoms with Crippen LogP contribution in [-0.2, 0) is 4.79 Å². The molecule has 0 aliphatic carbocycles. The van der Waals surface area contributed by atoms with Crippen LogP contribution in [0.3, 0.4) is 0 Å². The molecule has 1 atom stereocenters. The molecular weight excluding hydrogens is 248 g/mol. The highest BCUT2D eigenvalue weighted by atomic mass is 35.5. The number of carbonyl (C=O) groups is 1. The molecule has 1 unspecified atom stereocenters. The Morgan fingerprint density at radius 1 is 1.62 bits per heavy atom. The smallest absolute Gasteiger partial charge is 0.243 e. The van der Waals surface area contributed by atoms with Crippen LogP contribution < -0.4 is 10.6 Å². The summed E-state index contributed by atoms with van der Waals surface area (Å²) in [6, 6.07) is 1.36. The van der Waals surface area contributed by atoms with Gasteiger partial charge in [-0.2, -0.15) is 11.8 Å². The molecule has 1 fully saturated rings. The lowest BCUT2D eigenvalue weighted by Crippen LogP contribution is -2.46. The summed E-state index contributed by atoms with van der Waals surface area (Å²) in [4.78, 5) is 19.4. The zero-order valence-electron chi connectivity index (χ0n) is 8.44. The van der Waals surface area contributed by atoms with Crippen molar-refractivity contribution in [3.63, 3.8) is 0 Å². The maximum absolute atomic E-state index is 11.8. The van der Waals surface area contributed by atoms with Gasteiger partial charge in [-0.05, 0) is 0 Å². The summed E-state index contributed by atoms with van der Waals surface area (Å²) in [6.07, 6.45) is 1.32. The first kappa shape index (κ1) is 11.6. The number of halogens is 1. The lowest BCUT2D eigenvalue weighted by molar-refractivity contribution is -0.117. The van der Waals surface area contributed by atoms with Crippen LogP contribution >= 0.6 is 23.4 Å². The summed E-state index contributed by atoms with van der Waals surface area (Å²) in [7, 11) is 0. The first-order valence-electron chi connectivity index (χ1n) is 4.85. The molecule has 86 valence electrons. The highest BCUT2D eigenvalue weighted by Crippen LogP contribution is 2.11. The van der Waals surface area contributed by atoms with Crippen molar-refractivity contribution in [1.29, 1.82) is 0 Å². The van der Waals surface area contributed by atoms with Gasteiger partial charge in [0.15, 0.2) is 0 Å². The van der Waals surface area contributed by atoms with Crippen molar-refractivity contribution >= 4 is 35.1 Å². The van der Waals surface area contributed by atoms with Gasteiger partial charge in [0.25, 0.3) is 0 Å². The summed E-state index contributed by atoms with van der Waals surface area (Å²) in [5.74, 6) is 2.18. The van der Waals surface area contributed by atoms with E-state index in [0.29, 0.717) is 11.0 Å². The predicted octanol–water partition coefficient (Wildman–Crippen LogP) is 0.773. The number of hydrogen-bond acceptors (Lipinski definition) is 5. The van der Waals surface area contributed by atoms with Crippen molar-refractivity contribution in [2.75, 3.05) is 23.4 Å². The molecule has 2 heterocycles. The van der Waals surface area contributed by atoms with E-state index in [0.717, 1.165) is 18.1 Å². The Labute approximate surface area is 102 Å². The van der Waals surface area contributed by atoms with Crippen LogP contribution in [0.4, 0.5) is 5.82 Å². The summed E-state index contributed by atoms with van der Waals surface area (Å²) in [5, 5.41) is 6.16. The first-order chi connectivity index (χ1) is 7.75. The minimum atomic E-state index is -0.160. The number of rotatable bonds is 2. The van der Waals surface area contributed by atoms with Crippen molar-refractivity contribution in [2.45, 2.75) is 6.04 Å². The van der Waals surface area contributed by atoms with Crippen molar-refractivity contribution in [2.24, 2.45) is 0 Å². The average Bonchev–Trinajstić information content (AvgIpc) is 2.30. The molecule has 16 heavy (non-hydrogen) atoms. The van der Waals surface area contributed by atoms with E-state index in [1.165, 1.54) is 12.4 Å². The SMILES string of the molecule is O=C(Nc1cc(Cl)ncn1)C1CSCCN1. The topological polar surface area (TPSA) is 66.9 Å². The quantitative estimate of drug-likeness (QED) is 0.768. The third-order valence-corrected chi connectivity index (χ3v) is 3.39. The standard InChI is InChI=1S/C9H11ClN4OS/c10-7-3-8(13-5-12-7)14-9(15)6-4-16-2-1-11-6/h3,5-6,11H,1-2,4H2,(H,12,13,14,15). The Kier molecular flexibility index (Phi) is 3.98. The second kappa shape index (κ2) is 5.47. The number of anilines is 1. The number of carbonyl (C=O) groups excluding carboxylic acids is 1. The number of hydrogen-bond donors (Lipinski definition) is 2. The minimum absolute atomic E-state index is 0.0815. The van der Waals surface area contributed by atoms with Crippen molar-refractivity contribution in [1.82, 2.24) is 15.3 Å². The summed E-state index contributed by atoms with van der Waals surface area (Å²) < 4.78 is 0. The number of nitrogens with zero attached hydrogens (tertiary/aromatic N) is 2. The Balaban J connectivity index is 1.96. The van der Waals surface area contributed by atoms with Crippen molar-refractivity contribution < 1.29 is 4.79 Å². The number of aromatic nitrogens is 2. The van der Waals surface area contributed by atoms with Gasteiger partial charge in [0, 0.05) is 24.1 Å². The van der Waals surface area contributed by atoms with Gasteiger partial charge in [-0.1, -0.05) is 11.6 Å². The molecule has 1 aromatic rings. The molecule has 0 aromatic carbocycles. The third kappa shape index (κ3) is 3.07. The lowest BCUT2D eigenvalue weighted by Gasteiger charge is -2.21. The van der Waals surface area contributed by atoms with E-state index in [2.05, 4.69) is 20.6 Å². The van der Waals surface area contributed by atoms with E-state index in [1.807, 2.05) is 0 Å². The van der Waals surface area contributed by atoms with Gasteiger partial charge in [-0.25, -0.2) is 9.97 Å². The first-order valence-corrected chi connectivity index (χ1v) is 6.38. The Hall–Kier alpha value is -0.850. The van der Waals surface area contributed by atoms with Gasteiger partial charge >= 0.3 is 0 Å². The van der Waals surface area contributed by atoms with Gasteiger partial charge in [0.05, 0.1) is 6.04 Å². The lowest BCUT2D eigenvalue weighted by atomic mass is 10.3. The van der Waals surface area contributed by atoms with Crippen LogP contribution in [0.1, 0.15) is 0 Å². The second-order valence-electron chi connectivity index (χ2n) is 3.30. The molecule has 2 N–H and O–H groups in total. The molecule has 1 aromatic heterocycles. The average molecular weight is 259 g/mol. The van der Waals surface area contributed by atoms with Gasteiger partial charge in [-0.3, -0.25) is 4.79 Å². The number of nitrogens with one attached hydrogen (secondary N) is 2. The van der Waals surface area contributed by atoms with Crippen LogP contribution in [0, 0.1) is 0 Å². The van der Waals surface area contributed by atoms with E-state index in [1.54, 1.807) is 11.8 Å². The molecule has 7 heteroatoms. The van der Waals surface area contributed by atoms with Gasteiger partial charge < -0.3 is 10.6 Å². The Morgan fingerprint density at radius 3 is 3.19 bits per heavy atom. The maximum atomic E-state index is 11.8. The van der Waals surface area contributed by atoms with E-state index in [9.17, 15) is 4.79 Å². The van der Waals surface area contributed by atoms with E-state index in [4.69, 9.17) is 11.6 Å². The third-order valence-electron chi connectivity index (χ3n) is 2.12. The van der Waals surface area contributed by atoms with Gasteiger partial charge in [0.2, 0.25) is 5.91 Å². The monoisotopic (exact) mass is 258 g/mol. The Morgan fingerprint density at radius 2 is 2.50 bits per heavy atom. The maximum Gasteiger partial charge on any atom is 0.243 e. The number of amides is 1. The van der Waals surface area contributed by atoms with Crippen LogP contribution in [0.2, 0.25) is 5.15 Å². The fourth-order valence-corrected chi connectivity index (χ4v) is 2.43. The fraction of sp³-hybridized carbons (Fsp3) is 0.444. The molecule has 0 saturated carbocycles. The second-order valence-corrected chi connectivity index (χ2v) is 4.83. The molecule has 1 saturated heterocycles. The number of thioether (sulfide) groups is 1. The molecule has 1 aliphatic heterocycles. The van der Waals surface area contributed by atoms with Crippen LogP contribution in [0.25, 0.3) is 0 Å². The summed E-state index contributed by atoms with van der Waals surface area (Å²) >= 11 is 7.45. The molecule has 0 bridgehead atoms. The molecule has 0 radical (unpaired) electrons. The van der Waals surface area contributed by atoms with Crippen LogP contribution in [0.15, 0.2) is 12.4 Å². The van der Waals surface area contributed by atoms with Crippen molar-refractivity contribution in [3.8, 4) is 0 Å². The zero-order valence-corrected chi connectivity index (χ0v) is 10.0.